The van der Waals surface area contributed by atoms with E-state index in [2.05, 4.69) is 34.4 Å². The van der Waals surface area contributed by atoms with Gasteiger partial charge < -0.3 is 15.4 Å². The highest BCUT2D eigenvalue weighted by molar-refractivity contribution is 14.0. The molecule has 1 saturated heterocycles. The van der Waals surface area contributed by atoms with Crippen LogP contribution in [-0.4, -0.2) is 63.3 Å². The quantitative estimate of drug-likeness (QED) is 0.218. The summed E-state index contributed by atoms with van der Waals surface area (Å²) in [6.07, 6.45) is 8.93. The number of halogens is 1. The molecule has 24 heavy (non-hydrogen) atoms. The maximum atomic E-state index is 5.37. The zero-order chi connectivity index (χ0) is 16.8. The topological polar surface area (TPSA) is 48.9 Å². The number of hydrogen-bond acceptors (Lipinski definition) is 3. The SMILES string of the molecule is CCCCCCC(C)NC(=NC)NCCCCN1CCOCC1.I. The normalized spacial score (nSPS) is 17.2. The fraction of sp³-hybridized carbons (Fsp3) is 0.944. The van der Waals surface area contributed by atoms with Crippen molar-refractivity contribution >= 4 is 29.9 Å². The smallest absolute Gasteiger partial charge is 0.191 e. The van der Waals surface area contributed by atoms with E-state index in [0.717, 1.165) is 38.8 Å². The van der Waals surface area contributed by atoms with Crippen LogP contribution >= 0.6 is 24.0 Å². The van der Waals surface area contributed by atoms with Crippen molar-refractivity contribution in [3.8, 4) is 0 Å². The summed E-state index contributed by atoms with van der Waals surface area (Å²) in [6, 6.07) is 0.492. The summed E-state index contributed by atoms with van der Waals surface area (Å²) in [5, 5.41) is 6.93. The molecular formula is C18H39IN4O. The molecule has 5 nitrogen and oxygen atoms in total. The van der Waals surface area contributed by atoms with E-state index in [4.69, 9.17) is 4.74 Å². The monoisotopic (exact) mass is 454 g/mol. The second kappa shape index (κ2) is 16.4. The van der Waals surface area contributed by atoms with Crippen LogP contribution in [0.1, 0.15) is 58.8 Å². The lowest BCUT2D eigenvalue weighted by Crippen LogP contribution is -2.42. The molecule has 0 aromatic carbocycles. The molecular weight excluding hydrogens is 415 g/mol. The molecule has 0 saturated carbocycles. The van der Waals surface area contributed by atoms with Crippen molar-refractivity contribution in [3.05, 3.63) is 0 Å². The van der Waals surface area contributed by atoms with E-state index in [1.165, 1.54) is 51.5 Å². The van der Waals surface area contributed by atoms with Crippen molar-refractivity contribution in [1.29, 1.82) is 0 Å². The Morgan fingerprint density at radius 2 is 1.88 bits per heavy atom. The van der Waals surface area contributed by atoms with Crippen LogP contribution < -0.4 is 10.6 Å². The predicted octanol–water partition coefficient (Wildman–Crippen LogP) is 3.24. The molecule has 2 N–H and O–H groups in total. The number of nitrogens with one attached hydrogen (secondary N) is 2. The molecule has 0 amide bonds. The van der Waals surface area contributed by atoms with E-state index >= 15 is 0 Å². The largest absolute Gasteiger partial charge is 0.379 e. The summed E-state index contributed by atoms with van der Waals surface area (Å²) in [5.41, 5.74) is 0. The molecule has 1 heterocycles. The van der Waals surface area contributed by atoms with Gasteiger partial charge in [-0.1, -0.05) is 32.6 Å². The number of rotatable bonds is 11. The maximum absolute atomic E-state index is 5.37. The van der Waals surface area contributed by atoms with Gasteiger partial charge in [-0.2, -0.15) is 0 Å². The minimum atomic E-state index is 0. The molecule has 1 rings (SSSR count). The van der Waals surface area contributed by atoms with Gasteiger partial charge in [0.2, 0.25) is 0 Å². The van der Waals surface area contributed by atoms with Gasteiger partial charge in [-0.25, -0.2) is 0 Å². The second-order valence-corrected chi connectivity index (χ2v) is 6.55. The van der Waals surface area contributed by atoms with E-state index in [9.17, 15) is 0 Å². The lowest BCUT2D eigenvalue weighted by atomic mass is 10.1. The predicted molar refractivity (Wildman–Crippen MR) is 115 cm³/mol. The Morgan fingerprint density at radius 1 is 1.12 bits per heavy atom. The molecule has 144 valence electrons. The first-order valence-electron chi connectivity index (χ1n) is 9.53. The van der Waals surface area contributed by atoms with E-state index in [1.54, 1.807) is 0 Å². The van der Waals surface area contributed by atoms with Crippen molar-refractivity contribution in [3.63, 3.8) is 0 Å². The summed E-state index contributed by atoms with van der Waals surface area (Å²) >= 11 is 0. The Kier molecular flexibility index (Phi) is 16.3. The Hall–Kier alpha value is -0.0800. The average molecular weight is 454 g/mol. The number of hydrogen-bond donors (Lipinski definition) is 2. The molecule has 0 radical (unpaired) electrons. The standard InChI is InChI=1S/C18H38N4O.HI/c1-4-5-6-7-10-17(2)21-18(19-3)20-11-8-9-12-22-13-15-23-16-14-22;/h17H,4-16H2,1-3H3,(H2,19,20,21);1H. The summed E-state index contributed by atoms with van der Waals surface area (Å²) in [7, 11) is 1.85. The van der Waals surface area contributed by atoms with Gasteiger partial charge >= 0.3 is 0 Å². The van der Waals surface area contributed by atoms with Crippen molar-refractivity contribution < 1.29 is 4.74 Å². The number of guanidine groups is 1. The van der Waals surface area contributed by atoms with Gasteiger partial charge in [-0.3, -0.25) is 9.89 Å². The number of ether oxygens (including phenoxy) is 1. The third kappa shape index (κ3) is 12.3. The molecule has 1 atom stereocenters. The average Bonchev–Trinajstić information content (AvgIpc) is 2.58. The molecule has 1 aliphatic rings. The lowest BCUT2D eigenvalue weighted by molar-refractivity contribution is 0.0372. The van der Waals surface area contributed by atoms with Crippen LogP contribution in [0.3, 0.4) is 0 Å². The van der Waals surface area contributed by atoms with Crippen molar-refractivity contribution in [2.45, 2.75) is 64.8 Å². The van der Waals surface area contributed by atoms with Crippen molar-refractivity contribution in [1.82, 2.24) is 15.5 Å². The molecule has 0 spiro atoms. The molecule has 0 bridgehead atoms. The van der Waals surface area contributed by atoms with Crippen molar-refractivity contribution in [2.24, 2.45) is 4.99 Å². The first kappa shape index (κ1) is 23.9. The third-order valence-corrected chi connectivity index (χ3v) is 4.39. The van der Waals surface area contributed by atoms with E-state index in [1.807, 2.05) is 7.05 Å². The number of nitrogens with zero attached hydrogens (tertiary/aromatic N) is 2. The van der Waals surface area contributed by atoms with Crippen molar-refractivity contribution in [2.75, 3.05) is 46.4 Å². The summed E-state index contributed by atoms with van der Waals surface area (Å²) in [4.78, 5) is 6.82. The molecule has 1 unspecified atom stereocenters. The van der Waals surface area contributed by atoms with Crippen LogP contribution in [0.5, 0.6) is 0 Å². The zero-order valence-electron chi connectivity index (χ0n) is 16.0. The van der Waals surface area contributed by atoms with Gasteiger partial charge in [0.15, 0.2) is 5.96 Å². The Labute approximate surface area is 166 Å². The van der Waals surface area contributed by atoms with Gasteiger partial charge in [0.25, 0.3) is 0 Å². The van der Waals surface area contributed by atoms with Gasteiger partial charge in [-0.15, -0.1) is 24.0 Å². The zero-order valence-corrected chi connectivity index (χ0v) is 18.3. The van der Waals surface area contributed by atoms with E-state index in [0.29, 0.717) is 6.04 Å². The van der Waals surface area contributed by atoms with Gasteiger partial charge in [0.05, 0.1) is 13.2 Å². The maximum Gasteiger partial charge on any atom is 0.191 e. The second-order valence-electron chi connectivity index (χ2n) is 6.55. The Balaban J connectivity index is 0.00000529. The minimum absolute atomic E-state index is 0. The lowest BCUT2D eigenvalue weighted by Gasteiger charge is -2.26. The number of aliphatic imine (C=N–C) groups is 1. The third-order valence-electron chi connectivity index (χ3n) is 4.39. The Bertz CT molecular complexity index is 309. The molecule has 6 heteroatoms. The van der Waals surface area contributed by atoms with Gasteiger partial charge in [0.1, 0.15) is 0 Å². The minimum Gasteiger partial charge on any atom is -0.379 e. The van der Waals surface area contributed by atoms with E-state index in [-0.39, 0.29) is 24.0 Å². The van der Waals surface area contributed by atoms with Crippen LogP contribution in [0.4, 0.5) is 0 Å². The van der Waals surface area contributed by atoms with Crippen LogP contribution in [0, 0.1) is 0 Å². The highest BCUT2D eigenvalue weighted by Gasteiger charge is 2.09. The Morgan fingerprint density at radius 3 is 2.54 bits per heavy atom. The first-order valence-corrected chi connectivity index (χ1v) is 9.53. The molecule has 0 aromatic heterocycles. The molecule has 1 fully saturated rings. The fourth-order valence-electron chi connectivity index (χ4n) is 2.87. The molecule has 0 aliphatic carbocycles. The van der Waals surface area contributed by atoms with Crippen LogP contribution in [0.25, 0.3) is 0 Å². The van der Waals surface area contributed by atoms with E-state index < -0.39 is 0 Å². The summed E-state index contributed by atoms with van der Waals surface area (Å²) in [5.74, 6) is 0.944. The van der Waals surface area contributed by atoms with Crippen LogP contribution in [-0.2, 0) is 4.74 Å². The molecule has 0 aromatic rings. The van der Waals surface area contributed by atoms with Gasteiger partial charge in [-0.05, 0) is 32.7 Å². The summed E-state index contributed by atoms with van der Waals surface area (Å²) < 4.78 is 5.37. The van der Waals surface area contributed by atoms with Crippen LogP contribution in [0.15, 0.2) is 4.99 Å². The molecule has 1 aliphatic heterocycles. The first-order chi connectivity index (χ1) is 11.3. The van der Waals surface area contributed by atoms with Crippen LogP contribution in [0.2, 0.25) is 0 Å². The number of unbranched alkanes of at least 4 members (excludes halogenated alkanes) is 4. The highest BCUT2D eigenvalue weighted by atomic mass is 127. The summed E-state index contributed by atoms with van der Waals surface area (Å²) in [6.45, 7) is 10.6. The fourth-order valence-corrected chi connectivity index (χ4v) is 2.87. The highest BCUT2D eigenvalue weighted by Crippen LogP contribution is 2.05. The van der Waals surface area contributed by atoms with Gasteiger partial charge in [0, 0.05) is 32.7 Å². The number of morpholine rings is 1.